The molecule has 4 rings (SSSR count). The number of halogens is 1. The van der Waals surface area contributed by atoms with E-state index in [1.165, 1.54) is 18.0 Å². The number of nitrogens with one attached hydrogen (secondary N) is 2. The van der Waals surface area contributed by atoms with Crippen LogP contribution in [-0.4, -0.2) is 31.0 Å². The van der Waals surface area contributed by atoms with Crippen molar-refractivity contribution in [2.75, 3.05) is 11.0 Å². The van der Waals surface area contributed by atoms with Gasteiger partial charge in [-0.1, -0.05) is 23.5 Å². The third kappa shape index (κ3) is 3.36. The molecule has 7 nitrogen and oxygen atoms in total. The number of H-pyrrole nitrogens is 1. The van der Waals surface area contributed by atoms with Crippen LogP contribution in [0.2, 0.25) is 5.02 Å². The molecule has 142 valence electrons. The van der Waals surface area contributed by atoms with Crippen molar-refractivity contribution in [2.24, 2.45) is 7.05 Å². The minimum atomic E-state index is -0.229. The molecule has 0 aliphatic carbocycles. The Balaban J connectivity index is 2.00. The summed E-state index contributed by atoms with van der Waals surface area (Å²) < 4.78 is 4.90. The van der Waals surface area contributed by atoms with Crippen LogP contribution in [0.4, 0.5) is 5.69 Å². The number of aromatic nitrogens is 5. The predicted molar refractivity (Wildman–Crippen MR) is 115 cm³/mol. The fraction of sp³-hybridized carbons (Fsp3) is 0.158. The Kier molecular flexibility index (Phi) is 4.82. The Morgan fingerprint density at radius 3 is 2.68 bits per heavy atom. The van der Waals surface area contributed by atoms with Crippen LogP contribution >= 0.6 is 23.5 Å². The summed E-state index contributed by atoms with van der Waals surface area (Å²) >= 11 is 8.00. The zero-order valence-corrected chi connectivity index (χ0v) is 17.0. The highest BCUT2D eigenvalue weighted by atomic mass is 35.5. The van der Waals surface area contributed by atoms with E-state index in [0.717, 1.165) is 16.8 Å². The fourth-order valence-electron chi connectivity index (χ4n) is 3.00. The second-order valence-electron chi connectivity index (χ2n) is 6.31. The van der Waals surface area contributed by atoms with Crippen LogP contribution in [0.25, 0.3) is 33.8 Å². The van der Waals surface area contributed by atoms with Crippen molar-refractivity contribution < 1.29 is 0 Å². The monoisotopic (exact) mass is 412 g/mol. The largest absolute Gasteiger partial charge is 0.328 e. The summed E-state index contributed by atoms with van der Waals surface area (Å²) in [7, 11) is 1.84. The third-order valence-electron chi connectivity index (χ3n) is 4.28. The molecule has 2 N–H and O–H groups in total. The lowest BCUT2D eigenvalue weighted by atomic mass is 10.0. The van der Waals surface area contributed by atoms with Gasteiger partial charge in [-0.3, -0.25) is 9.48 Å². The molecule has 3 heterocycles. The third-order valence-corrected chi connectivity index (χ3v) is 4.98. The summed E-state index contributed by atoms with van der Waals surface area (Å²) in [5, 5.41) is 5.06. The average molecular weight is 413 g/mol. The highest BCUT2D eigenvalue weighted by Crippen LogP contribution is 2.36. The van der Waals surface area contributed by atoms with Crippen molar-refractivity contribution in [1.82, 2.24) is 24.7 Å². The van der Waals surface area contributed by atoms with E-state index in [9.17, 15) is 4.79 Å². The Labute approximate surface area is 170 Å². The highest BCUT2D eigenvalue weighted by Gasteiger charge is 2.18. The Morgan fingerprint density at radius 1 is 1.18 bits per heavy atom. The molecule has 28 heavy (non-hydrogen) atoms. The molecule has 0 saturated carbocycles. The van der Waals surface area contributed by atoms with Crippen molar-refractivity contribution in [3.63, 3.8) is 0 Å². The predicted octanol–water partition coefficient (Wildman–Crippen LogP) is 4.04. The van der Waals surface area contributed by atoms with Gasteiger partial charge in [-0.25, -0.2) is 9.97 Å². The van der Waals surface area contributed by atoms with Gasteiger partial charge in [0.05, 0.1) is 16.4 Å². The molecule has 1 aromatic carbocycles. The molecule has 0 aliphatic heterocycles. The van der Waals surface area contributed by atoms with Crippen molar-refractivity contribution in [2.45, 2.75) is 6.92 Å². The highest BCUT2D eigenvalue weighted by molar-refractivity contribution is 7.99. The number of fused-ring (bicyclic) bond motifs is 1. The molecule has 0 unspecified atom stereocenters. The lowest BCUT2D eigenvalue weighted by Gasteiger charge is -2.13. The molecule has 3 aromatic heterocycles. The van der Waals surface area contributed by atoms with E-state index in [2.05, 4.69) is 19.8 Å². The molecule has 0 spiro atoms. The standard InChI is InChI=1S/C19H17ClN6OS/c1-10-8-11(9-12(20)16(10)25-28-3)17-18(13-6-7-26(2)24-13)23-19-14(21-17)4-5-15(27)22-19/h4-9,25H,1-3H3,(H,22,23,27). The minimum Gasteiger partial charge on any atom is -0.328 e. The first-order chi connectivity index (χ1) is 13.5. The van der Waals surface area contributed by atoms with E-state index >= 15 is 0 Å². The summed E-state index contributed by atoms with van der Waals surface area (Å²) in [5.74, 6) is 0. The second kappa shape index (κ2) is 7.29. The second-order valence-corrected chi connectivity index (χ2v) is 7.33. The molecule has 0 amide bonds. The Morgan fingerprint density at radius 2 is 2.00 bits per heavy atom. The van der Waals surface area contributed by atoms with E-state index in [4.69, 9.17) is 16.6 Å². The first-order valence-electron chi connectivity index (χ1n) is 8.47. The molecule has 9 heteroatoms. The quantitative estimate of drug-likeness (QED) is 0.492. The molecule has 0 atom stereocenters. The summed E-state index contributed by atoms with van der Waals surface area (Å²) in [4.78, 5) is 23.9. The van der Waals surface area contributed by atoms with Gasteiger partial charge in [-0.15, -0.1) is 0 Å². The van der Waals surface area contributed by atoms with Crippen LogP contribution in [0.3, 0.4) is 0 Å². The van der Waals surface area contributed by atoms with Gasteiger partial charge < -0.3 is 9.71 Å². The molecular weight excluding hydrogens is 396 g/mol. The zero-order chi connectivity index (χ0) is 19.8. The molecular formula is C19H17ClN6OS. The van der Waals surface area contributed by atoms with Crippen LogP contribution in [0.1, 0.15) is 5.56 Å². The molecule has 4 aromatic rings. The van der Waals surface area contributed by atoms with Gasteiger partial charge in [-0.05, 0) is 36.8 Å². The molecule has 0 aliphatic rings. The first kappa shape index (κ1) is 18.5. The van der Waals surface area contributed by atoms with Gasteiger partial charge in [0.1, 0.15) is 16.9 Å². The number of nitrogens with zero attached hydrogens (tertiary/aromatic N) is 4. The van der Waals surface area contributed by atoms with Crippen LogP contribution in [-0.2, 0) is 7.05 Å². The summed E-state index contributed by atoms with van der Waals surface area (Å²) in [6.45, 7) is 1.99. The lowest BCUT2D eigenvalue weighted by molar-refractivity contribution is 0.770. The number of benzene rings is 1. The van der Waals surface area contributed by atoms with Crippen LogP contribution < -0.4 is 10.3 Å². The van der Waals surface area contributed by atoms with Gasteiger partial charge in [0.2, 0.25) is 5.56 Å². The van der Waals surface area contributed by atoms with Crippen molar-refractivity contribution in [3.8, 4) is 22.6 Å². The van der Waals surface area contributed by atoms with Crippen LogP contribution in [0.15, 0.2) is 41.3 Å². The molecule has 0 saturated heterocycles. The maximum absolute atomic E-state index is 11.7. The van der Waals surface area contributed by atoms with E-state index in [-0.39, 0.29) is 5.56 Å². The normalized spacial score (nSPS) is 11.1. The molecule has 0 bridgehead atoms. The van der Waals surface area contributed by atoms with E-state index in [0.29, 0.717) is 33.3 Å². The van der Waals surface area contributed by atoms with Gasteiger partial charge in [-0.2, -0.15) is 5.10 Å². The summed E-state index contributed by atoms with van der Waals surface area (Å²) in [5.41, 5.74) is 5.37. The average Bonchev–Trinajstić information content (AvgIpc) is 3.09. The fourth-order valence-corrected chi connectivity index (χ4v) is 3.85. The smallest absolute Gasteiger partial charge is 0.249 e. The van der Waals surface area contributed by atoms with Gasteiger partial charge in [0.15, 0.2) is 5.65 Å². The van der Waals surface area contributed by atoms with Crippen molar-refractivity contribution in [1.29, 1.82) is 0 Å². The van der Waals surface area contributed by atoms with Crippen LogP contribution in [0.5, 0.6) is 0 Å². The van der Waals surface area contributed by atoms with E-state index in [1.807, 2.05) is 44.6 Å². The summed E-state index contributed by atoms with van der Waals surface area (Å²) in [6, 6.07) is 8.83. The van der Waals surface area contributed by atoms with Crippen LogP contribution in [0, 0.1) is 6.92 Å². The Hall–Kier alpha value is -2.84. The number of aryl methyl sites for hydroxylation is 2. The minimum absolute atomic E-state index is 0.229. The maximum atomic E-state index is 11.7. The van der Waals surface area contributed by atoms with E-state index < -0.39 is 0 Å². The number of rotatable bonds is 4. The van der Waals surface area contributed by atoms with Gasteiger partial charge in [0, 0.05) is 31.1 Å². The molecule has 0 radical (unpaired) electrons. The maximum Gasteiger partial charge on any atom is 0.249 e. The number of hydrogen-bond donors (Lipinski definition) is 2. The number of pyridine rings is 1. The van der Waals surface area contributed by atoms with E-state index in [1.54, 1.807) is 10.7 Å². The van der Waals surface area contributed by atoms with Gasteiger partial charge in [0.25, 0.3) is 0 Å². The SMILES string of the molecule is CSNc1c(C)cc(-c2nc3ccc(=O)[nH]c3nc2-c2ccn(C)n2)cc1Cl. The topological polar surface area (TPSA) is 88.5 Å². The number of hydrogen-bond acceptors (Lipinski definition) is 6. The lowest BCUT2D eigenvalue weighted by Crippen LogP contribution is -2.06. The molecule has 0 fully saturated rings. The number of anilines is 1. The first-order valence-corrected chi connectivity index (χ1v) is 10.1. The summed E-state index contributed by atoms with van der Waals surface area (Å²) in [6.07, 6.45) is 3.78. The zero-order valence-electron chi connectivity index (χ0n) is 15.4. The number of aromatic amines is 1. The van der Waals surface area contributed by atoms with Gasteiger partial charge >= 0.3 is 0 Å². The van der Waals surface area contributed by atoms with Crippen molar-refractivity contribution >= 4 is 40.4 Å². The Bertz CT molecular complexity index is 1230. The van der Waals surface area contributed by atoms with Crippen molar-refractivity contribution in [3.05, 3.63) is 57.5 Å².